The van der Waals surface area contributed by atoms with Gasteiger partial charge in [-0.2, -0.15) is 0 Å². The highest BCUT2D eigenvalue weighted by molar-refractivity contribution is 9.10. The number of carboxylic acids is 1. The molecule has 0 fully saturated rings. The summed E-state index contributed by atoms with van der Waals surface area (Å²) < 4.78 is 13.8. The largest absolute Gasteiger partial charge is 0.478 e. The van der Waals surface area contributed by atoms with Crippen LogP contribution >= 0.6 is 15.9 Å². The molecule has 2 aromatic rings. The first-order valence-corrected chi connectivity index (χ1v) is 6.75. The first kappa shape index (κ1) is 14.5. The summed E-state index contributed by atoms with van der Waals surface area (Å²) in [5.41, 5.74) is 1.92. The number of hydrogen-bond donors (Lipinski definition) is 1. The second kappa shape index (κ2) is 6.05. The van der Waals surface area contributed by atoms with Crippen LogP contribution in [-0.2, 0) is 6.54 Å². The van der Waals surface area contributed by atoms with Crippen molar-refractivity contribution in [1.82, 2.24) is 0 Å². The highest BCUT2D eigenvalue weighted by Crippen LogP contribution is 2.27. The summed E-state index contributed by atoms with van der Waals surface area (Å²) >= 11 is 3.36. The van der Waals surface area contributed by atoms with E-state index < -0.39 is 5.97 Å². The zero-order valence-electron chi connectivity index (χ0n) is 10.8. The Morgan fingerprint density at radius 1 is 1.30 bits per heavy atom. The average molecular weight is 338 g/mol. The number of halogens is 2. The van der Waals surface area contributed by atoms with Crippen LogP contribution in [0.25, 0.3) is 0 Å². The van der Waals surface area contributed by atoms with Gasteiger partial charge in [-0.05, 0) is 51.8 Å². The second-order valence-electron chi connectivity index (χ2n) is 4.46. The van der Waals surface area contributed by atoms with E-state index in [1.54, 1.807) is 24.3 Å². The van der Waals surface area contributed by atoms with Gasteiger partial charge in [0.1, 0.15) is 5.82 Å². The summed E-state index contributed by atoms with van der Waals surface area (Å²) in [6, 6.07) is 11.2. The monoisotopic (exact) mass is 337 g/mol. The third-order valence-corrected chi connectivity index (χ3v) is 3.55. The van der Waals surface area contributed by atoms with Gasteiger partial charge >= 0.3 is 5.97 Å². The fraction of sp³-hybridized carbons (Fsp3) is 0.133. The average Bonchev–Trinajstić information content (AvgIpc) is 2.38. The molecule has 0 aromatic heterocycles. The Hall–Kier alpha value is -1.88. The predicted molar refractivity (Wildman–Crippen MR) is 79.6 cm³/mol. The van der Waals surface area contributed by atoms with E-state index in [0.29, 0.717) is 11.0 Å². The SMILES string of the molecule is CN(Cc1cccc(F)c1)c1ccc(C(=O)O)cc1Br. The van der Waals surface area contributed by atoms with Crippen LogP contribution in [0.5, 0.6) is 0 Å². The van der Waals surface area contributed by atoms with Crippen molar-refractivity contribution >= 4 is 27.6 Å². The minimum Gasteiger partial charge on any atom is -0.478 e. The molecule has 0 bridgehead atoms. The van der Waals surface area contributed by atoms with Crippen molar-refractivity contribution in [3.8, 4) is 0 Å². The maximum Gasteiger partial charge on any atom is 0.335 e. The first-order valence-electron chi connectivity index (χ1n) is 5.96. The first-order chi connectivity index (χ1) is 9.47. The summed E-state index contributed by atoms with van der Waals surface area (Å²) in [7, 11) is 1.87. The van der Waals surface area contributed by atoms with Crippen molar-refractivity contribution in [3.63, 3.8) is 0 Å². The molecule has 3 nitrogen and oxygen atoms in total. The maximum absolute atomic E-state index is 13.1. The number of benzene rings is 2. The number of nitrogens with zero attached hydrogens (tertiary/aromatic N) is 1. The molecule has 0 radical (unpaired) electrons. The molecule has 0 saturated heterocycles. The summed E-state index contributed by atoms with van der Waals surface area (Å²) in [6.07, 6.45) is 0. The van der Waals surface area contributed by atoms with E-state index in [1.807, 2.05) is 18.0 Å². The minimum absolute atomic E-state index is 0.222. The van der Waals surface area contributed by atoms with Crippen molar-refractivity contribution in [2.45, 2.75) is 6.54 Å². The quantitative estimate of drug-likeness (QED) is 0.919. The molecule has 2 aromatic carbocycles. The van der Waals surface area contributed by atoms with Crippen LogP contribution in [0.3, 0.4) is 0 Å². The van der Waals surface area contributed by atoms with Crippen molar-refractivity contribution < 1.29 is 14.3 Å². The Labute approximate surface area is 124 Å². The standard InChI is InChI=1S/C15H13BrFNO2/c1-18(9-10-3-2-4-12(17)7-10)14-6-5-11(15(19)20)8-13(14)16/h2-8H,9H2,1H3,(H,19,20). The normalized spacial score (nSPS) is 10.3. The van der Waals surface area contributed by atoms with Crippen LogP contribution in [0.4, 0.5) is 10.1 Å². The van der Waals surface area contributed by atoms with Gasteiger partial charge in [0, 0.05) is 18.1 Å². The van der Waals surface area contributed by atoms with Gasteiger partial charge in [-0.3, -0.25) is 0 Å². The zero-order valence-corrected chi connectivity index (χ0v) is 12.4. The van der Waals surface area contributed by atoms with Crippen molar-refractivity contribution in [2.75, 3.05) is 11.9 Å². The van der Waals surface area contributed by atoms with Crippen LogP contribution in [-0.4, -0.2) is 18.1 Å². The van der Waals surface area contributed by atoms with Gasteiger partial charge in [0.25, 0.3) is 0 Å². The van der Waals surface area contributed by atoms with E-state index in [9.17, 15) is 9.18 Å². The molecule has 0 spiro atoms. The van der Waals surface area contributed by atoms with E-state index in [4.69, 9.17) is 5.11 Å². The molecule has 0 aliphatic carbocycles. The molecule has 0 heterocycles. The lowest BCUT2D eigenvalue weighted by atomic mass is 10.1. The van der Waals surface area contributed by atoms with Gasteiger partial charge in [-0.15, -0.1) is 0 Å². The Morgan fingerprint density at radius 3 is 2.65 bits per heavy atom. The highest BCUT2D eigenvalue weighted by atomic mass is 79.9. The molecule has 1 N–H and O–H groups in total. The molecular weight excluding hydrogens is 325 g/mol. The van der Waals surface area contributed by atoms with Crippen LogP contribution < -0.4 is 4.90 Å². The molecule has 0 aliphatic rings. The third kappa shape index (κ3) is 3.36. The van der Waals surface area contributed by atoms with E-state index >= 15 is 0 Å². The number of carbonyl (C=O) groups is 1. The molecule has 5 heteroatoms. The van der Waals surface area contributed by atoms with Crippen molar-refractivity contribution in [1.29, 1.82) is 0 Å². The summed E-state index contributed by atoms with van der Waals surface area (Å²) in [5, 5.41) is 8.93. The Balaban J connectivity index is 2.21. The van der Waals surface area contributed by atoms with Crippen LogP contribution in [0.1, 0.15) is 15.9 Å². The van der Waals surface area contributed by atoms with E-state index in [1.165, 1.54) is 12.1 Å². The van der Waals surface area contributed by atoms with Crippen molar-refractivity contribution in [3.05, 3.63) is 63.9 Å². The lowest BCUT2D eigenvalue weighted by Crippen LogP contribution is -2.17. The fourth-order valence-corrected chi connectivity index (χ4v) is 2.63. The minimum atomic E-state index is -0.968. The lowest BCUT2D eigenvalue weighted by molar-refractivity contribution is 0.0697. The summed E-state index contributed by atoms with van der Waals surface area (Å²) in [4.78, 5) is 12.8. The van der Waals surface area contributed by atoms with Crippen LogP contribution in [0.2, 0.25) is 0 Å². The van der Waals surface area contributed by atoms with Gasteiger partial charge in [0.2, 0.25) is 0 Å². The maximum atomic E-state index is 13.1. The van der Waals surface area contributed by atoms with Gasteiger partial charge in [0.15, 0.2) is 0 Å². The number of hydrogen-bond acceptors (Lipinski definition) is 2. The number of aromatic carboxylic acids is 1. The molecule has 0 amide bonds. The lowest BCUT2D eigenvalue weighted by Gasteiger charge is -2.21. The van der Waals surface area contributed by atoms with E-state index in [2.05, 4.69) is 15.9 Å². The molecule has 0 aliphatic heterocycles. The fourth-order valence-electron chi connectivity index (χ4n) is 1.94. The van der Waals surface area contributed by atoms with Gasteiger partial charge in [-0.25, -0.2) is 9.18 Å². The van der Waals surface area contributed by atoms with Crippen LogP contribution in [0.15, 0.2) is 46.9 Å². The summed E-state index contributed by atoms with van der Waals surface area (Å²) in [5.74, 6) is -1.23. The number of rotatable bonds is 4. The topological polar surface area (TPSA) is 40.5 Å². The molecule has 0 unspecified atom stereocenters. The summed E-state index contributed by atoms with van der Waals surface area (Å²) in [6.45, 7) is 0.531. The smallest absolute Gasteiger partial charge is 0.335 e. The van der Waals surface area contributed by atoms with E-state index in [0.717, 1.165) is 11.3 Å². The highest BCUT2D eigenvalue weighted by Gasteiger charge is 2.10. The Bertz CT molecular complexity index is 646. The number of anilines is 1. The molecule has 2 rings (SSSR count). The number of carboxylic acid groups (broad SMARTS) is 1. The zero-order chi connectivity index (χ0) is 14.7. The predicted octanol–water partition coefficient (Wildman–Crippen LogP) is 3.92. The Kier molecular flexibility index (Phi) is 4.39. The second-order valence-corrected chi connectivity index (χ2v) is 5.31. The van der Waals surface area contributed by atoms with Gasteiger partial charge in [0.05, 0.1) is 11.3 Å². The van der Waals surface area contributed by atoms with Crippen LogP contribution in [0, 0.1) is 5.82 Å². The van der Waals surface area contributed by atoms with E-state index in [-0.39, 0.29) is 11.4 Å². The molecule has 0 atom stereocenters. The molecule has 104 valence electrons. The molecular formula is C15H13BrFNO2. The van der Waals surface area contributed by atoms with Gasteiger partial charge < -0.3 is 10.0 Å². The van der Waals surface area contributed by atoms with Crippen molar-refractivity contribution in [2.24, 2.45) is 0 Å². The van der Waals surface area contributed by atoms with Gasteiger partial charge in [-0.1, -0.05) is 12.1 Å². The third-order valence-electron chi connectivity index (χ3n) is 2.91. The molecule has 20 heavy (non-hydrogen) atoms. The Morgan fingerprint density at radius 2 is 2.05 bits per heavy atom. The molecule has 0 saturated carbocycles.